The molecule has 0 saturated heterocycles. The van der Waals surface area contributed by atoms with Crippen molar-refractivity contribution in [2.24, 2.45) is 5.92 Å². The van der Waals surface area contributed by atoms with E-state index in [9.17, 15) is 12.8 Å². The van der Waals surface area contributed by atoms with Crippen molar-refractivity contribution in [3.05, 3.63) is 47.9 Å². The second-order valence-electron chi connectivity index (χ2n) is 6.06. The molecule has 0 aliphatic rings. The van der Waals surface area contributed by atoms with Gasteiger partial charge in [0.15, 0.2) is 0 Å². The Balaban J connectivity index is 2.07. The zero-order chi connectivity index (χ0) is 17.7. The summed E-state index contributed by atoms with van der Waals surface area (Å²) in [6.07, 6.45) is 2.48. The molecule has 0 radical (unpaired) electrons. The van der Waals surface area contributed by atoms with Crippen LogP contribution >= 0.6 is 0 Å². The predicted molar refractivity (Wildman–Crippen MR) is 94.1 cm³/mol. The summed E-state index contributed by atoms with van der Waals surface area (Å²) in [4.78, 5) is 4.24. The largest absolute Gasteiger partial charge is 0.370 e. The van der Waals surface area contributed by atoms with Crippen LogP contribution in [-0.4, -0.2) is 19.9 Å². The Labute approximate surface area is 142 Å². The van der Waals surface area contributed by atoms with Gasteiger partial charge in [0.25, 0.3) is 10.0 Å². The number of aryl methyl sites for hydroxylation is 1. The molecule has 0 atom stereocenters. The van der Waals surface area contributed by atoms with Crippen molar-refractivity contribution < 1.29 is 12.8 Å². The number of pyridine rings is 1. The van der Waals surface area contributed by atoms with Crippen LogP contribution in [0.3, 0.4) is 0 Å². The fraction of sp³-hybridized carbons (Fsp3) is 0.353. The van der Waals surface area contributed by atoms with Gasteiger partial charge in [-0.25, -0.2) is 17.8 Å². The molecule has 0 bridgehead atoms. The molecule has 5 nitrogen and oxygen atoms in total. The van der Waals surface area contributed by atoms with Crippen molar-refractivity contribution >= 4 is 21.5 Å². The Morgan fingerprint density at radius 1 is 1.21 bits per heavy atom. The first-order valence-corrected chi connectivity index (χ1v) is 9.25. The number of halogens is 1. The van der Waals surface area contributed by atoms with Gasteiger partial charge >= 0.3 is 0 Å². The molecule has 0 unspecified atom stereocenters. The monoisotopic (exact) mass is 351 g/mol. The van der Waals surface area contributed by atoms with Crippen molar-refractivity contribution in [2.75, 3.05) is 16.6 Å². The maximum absolute atomic E-state index is 13.1. The minimum Gasteiger partial charge on any atom is -0.370 e. The van der Waals surface area contributed by atoms with Crippen molar-refractivity contribution in [2.45, 2.75) is 32.1 Å². The molecule has 7 heteroatoms. The van der Waals surface area contributed by atoms with E-state index in [4.69, 9.17) is 0 Å². The van der Waals surface area contributed by atoms with E-state index in [-0.39, 0.29) is 4.90 Å². The topological polar surface area (TPSA) is 71.1 Å². The molecule has 2 aromatic rings. The van der Waals surface area contributed by atoms with Crippen molar-refractivity contribution in [1.82, 2.24) is 4.98 Å². The highest BCUT2D eigenvalue weighted by molar-refractivity contribution is 7.92. The molecule has 0 amide bonds. The number of hydrogen-bond acceptors (Lipinski definition) is 4. The SMILES string of the molecule is Cc1cc(F)ccc1S(=O)(=O)Nc1ccc(NCCC(C)C)nc1. The van der Waals surface area contributed by atoms with Gasteiger partial charge in [0.1, 0.15) is 11.6 Å². The Hall–Kier alpha value is -2.15. The van der Waals surface area contributed by atoms with E-state index >= 15 is 0 Å². The van der Waals surface area contributed by atoms with Gasteiger partial charge in [-0.3, -0.25) is 4.72 Å². The molecule has 1 aromatic carbocycles. The molecule has 0 aliphatic carbocycles. The van der Waals surface area contributed by atoms with Crippen molar-refractivity contribution in [3.8, 4) is 0 Å². The molecular formula is C17H22FN3O2S. The lowest BCUT2D eigenvalue weighted by Crippen LogP contribution is -2.14. The van der Waals surface area contributed by atoms with E-state index in [1.54, 1.807) is 19.1 Å². The number of sulfonamides is 1. The Morgan fingerprint density at radius 3 is 2.54 bits per heavy atom. The van der Waals surface area contributed by atoms with Gasteiger partial charge in [0, 0.05) is 6.54 Å². The van der Waals surface area contributed by atoms with Crippen molar-refractivity contribution in [3.63, 3.8) is 0 Å². The number of rotatable bonds is 7. The Morgan fingerprint density at radius 2 is 1.96 bits per heavy atom. The maximum Gasteiger partial charge on any atom is 0.262 e. The first-order chi connectivity index (χ1) is 11.3. The number of nitrogens with one attached hydrogen (secondary N) is 2. The molecule has 2 rings (SSSR count). The maximum atomic E-state index is 13.1. The molecule has 0 fully saturated rings. The molecule has 2 N–H and O–H groups in total. The van der Waals surface area contributed by atoms with Crippen LogP contribution in [0.1, 0.15) is 25.8 Å². The zero-order valence-electron chi connectivity index (χ0n) is 14.0. The van der Waals surface area contributed by atoms with Crippen LogP contribution in [-0.2, 0) is 10.0 Å². The minimum absolute atomic E-state index is 0.0445. The lowest BCUT2D eigenvalue weighted by Gasteiger charge is -2.11. The van der Waals surface area contributed by atoms with Crippen LogP contribution in [0.2, 0.25) is 0 Å². The van der Waals surface area contributed by atoms with Gasteiger partial charge in [-0.05, 0) is 55.2 Å². The van der Waals surface area contributed by atoms with E-state index < -0.39 is 15.8 Å². The molecule has 0 saturated carbocycles. The van der Waals surface area contributed by atoms with Crippen LogP contribution in [0.25, 0.3) is 0 Å². The molecule has 1 heterocycles. The second kappa shape index (κ2) is 7.61. The first-order valence-electron chi connectivity index (χ1n) is 7.77. The lowest BCUT2D eigenvalue weighted by molar-refractivity contribution is 0.598. The minimum atomic E-state index is -3.78. The van der Waals surface area contributed by atoms with Gasteiger partial charge in [-0.2, -0.15) is 0 Å². The third kappa shape index (κ3) is 4.92. The third-order valence-electron chi connectivity index (χ3n) is 3.47. The van der Waals surface area contributed by atoms with Gasteiger partial charge in [0.05, 0.1) is 16.8 Å². The number of hydrogen-bond donors (Lipinski definition) is 2. The highest BCUT2D eigenvalue weighted by Crippen LogP contribution is 2.20. The normalized spacial score (nSPS) is 11.5. The summed E-state index contributed by atoms with van der Waals surface area (Å²) in [5, 5.41) is 3.18. The van der Waals surface area contributed by atoms with E-state index in [2.05, 4.69) is 28.9 Å². The third-order valence-corrected chi connectivity index (χ3v) is 5.01. The molecule has 24 heavy (non-hydrogen) atoms. The van der Waals surface area contributed by atoms with E-state index in [1.165, 1.54) is 18.3 Å². The van der Waals surface area contributed by atoms with Gasteiger partial charge in [-0.1, -0.05) is 13.8 Å². The van der Waals surface area contributed by atoms with Crippen LogP contribution in [0.15, 0.2) is 41.4 Å². The lowest BCUT2D eigenvalue weighted by atomic mass is 10.1. The standard InChI is InChI=1S/C17H22FN3O2S/c1-12(2)8-9-19-17-7-5-15(11-20-17)21-24(22,23)16-6-4-14(18)10-13(16)3/h4-7,10-12,21H,8-9H2,1-3H3,(H,19,20). The van der Waals surface area contributed by atoms with Gasteiger partial charge in [0.2, 0.25) is 0 Å². The number of anilines is 2. The molecule has 0 spiro atoms. The first kappa shape index (κ1) is 18.2. The average molecular weight is 351 g/mol. The Bertz CT molecular complexity index is 790. The van der Waals surface area contributed by atoms with Crippen LogP contribution in [0.5, 0.6) is 0 Å². The highest BCUT2D eigenvalue weighted by atomic mass is 32.2. The van der Waals surface area contributed by atoms with E-state index in [1.807, 2.05) is 0 Å². The summed E-state index contributed by atoms with van der Waals surface area (Å²) in [6.45, 7) is 6.65. The summed E-state index contributed by atoms with van der Waals surface area (Å²) in [5.74, 6) is 0.823. The quantitative estimate of drug-likeness (QED) is 0.796. The fourth-order valence-electron chi connectivity index (χ4n) is 2.17. The summed E-state index contributed by atoms with van der Waals surface area (Å²) >= 11 is 0. The van der Waals surface area contributed by atoms with Crippen LogP contribution < -0.4 is 10.0 Å². The van der Waals surface area contributed by atoms with E-state index in [0.717, 1.165) is 19.0 Å². The number of aromatic nitrogens is 1. The molecular weight excluding hydrogens is 329 g/mol. The smallest absolute Gasteiger partial charge is 0.262 e. The molecule has 0 aliphatic heterocycles. The van der Waals surface area contributed by atoms with Crippen LogP contribution in [0, 0.1) is 18.7 Å². The molecule has 130 valence electrons. The van der Waals surface area contributed by atoms with Crippen molar-refractivity contribution in [1.29, 1.82) is 0 Å². The van der Waals surface area contributed by atoms with Crippen LogP contribution in [0.4, 0.5) is 15.9 Å². The molecule has 1 aromatic heterocycles. The second-order valence-corrected chi connectivity index (χ2v) is 7.71. The average Bonchev–Trinajstić information content (AvgIpc) is 2.48. The highest BCUT2D eigenvalue weighted by Gasteiger charge is 2.17. The summed E-state index contributed by atoms with van der Waals surface area (Å²) in [6, 6.07) is 6.93. The van der Waals surface area contributed by atoms with Gasteiger partial charge < -0.3 is 5.32 Å². The Kier molecular flexibility index (Phi) is 5.77. The summed E-state index contributed by atoms with van der Waals surface area (Å²) in [7, 11) is -3.78. The number of benzene rings is 1. The zero-order valence-corrected chi connectivity index (χ0v) is 14.8. The van der Waals surface area contributed by atoms with E-state index in [0.29, 0.717) is 23.0 Å². The number of nitrogens with zero attached hydrogens (tertiary/aromatic N) is 1. The summed E-state index contributed by atoms with van der Waals surface area (Å²) < 4.78 is 40.4. The fourth-order valence-corrected chi connectivity index (χ4v) is 3.44. The summed E-state index contributed by atoms with van der Waals surface area (Å²) in [5.41, 5.74) is 0.704. The van der Waals surface area contributed by atoms with Gasteiger partial charge in [-0.15, -0.1) is 0 Å². The predicted octanol–water partition coefficient (Wildman–Crippen LogP) is 3.79.